The highest BCUT2D eigenvalue weighted by molar-refractivity contribution is 5.57. The smallest absolute Gasteiger partial charge is 0.450 e. The number of rotatable bonds is 5. The maximum Gasteiger partial charge on any atom is 0.506 e. The Balaban J connectivity index is 1.94. The lowest BCUT2D eigenvalue weighted by Gasteiger charge is -2.38. The predicted molar refractivity (Wildman–Crippen MR) is 102 cm³/mol. The van der Waals surface area contributed by atoms with Crippen LogP contribution in [-0.4, -0.2) is 30.3 Å². The summed E-state index contributed by atoms with van der Waals surface area (Å²) >= 11 is 0. The summed E-state index contributed by atoms with van der Waals surface area (Å²) in [5.41, 5.74) is -2.69. The molecule has 33 heavy (non-hydrogen) atoms. The molecule has 0 aliphatic carbocycles. The van der Waals surface area contributed by atoms with Crippen LogP contribution in [0.2, 0.25) is 0 Å². The molecule has 3 rings (SSSR count). The maximum atomic E-state index is 13.2. The van der Waals surface area contributed by atoms with Crippen molar-refractivity contribution in [3.63, 3.8) is 0 Å². The van der Waals surface area contributed by atoms with E-state index in [1.807, 2.05) is 0 Å². The van der Waals surface area contributed by atoms with Gasteiger partial charge in [0.1, 0.15) is 6.10 Å². The number of carbonyl (C=O) groups is 1. The van der Waals surface area contributed by atoms with E-state index in [0.29, 0.717) is 17.7 Å². The van der Waals surface area contributed by atoms with Crippen LogP contribution in [0.4, 0.5) is 31.1 Å². The van der Waals surface area contributed by atoms with Gasteiger partial charge in [-0.15, -0.1) is 0 Å². The molecule has 180 valence electrons. The number of benzene rings is 2. The zero-order valence-corrected chi connectivity index (χ0v) is 17.2. The molecule has 1 aliphatic rings. The van der Waals surface area contributed by atoms with Crippen LogP contribution in [0.3, 0.4) is 0 Å². The lowest BCUT2D eigenvalue weighted by atomic mass is 9.89. The first-order valence-corrected chi connectivity index (χ1v) is 9.87. The van der Waals surface area contributed by atoms with Crippen molar-refractivity contribution in [2.24, 2.45) is 0 Å². The Kier molecular flexibility index (Phi) is 7.23. The Hall–Kier alpha value is -2.79. The minimum absolute atomic E-state index is 0.0229. The molecule has 0 amide bonds. The summed E-state index contributed by atoms with van der Waals surface area (Å²) in [6.45, 7) is 1.32. The molecule has 0 saturated carbocycles. The van der Waals surface area contributed by atoms with E-state index in [4.69, 9.17) is 19.3 Å². The van der Waals surface area contributed by atoms with E-state index in [1.165, 1.54) is 6.92 Å². The van der Waals surface area contributed by atoms with Gasteiger partial charge < -0.3 is 19.3 Å². The quantitative estimate of drug-likeness (QED) is 0.398. The van der Waals surface area contributed by atoms with E-state index < -0.39 is 54.1 Å². The highest BCUT2D eigenvalue weighted by Gasteiger charge is 2.41. The van der Waals surface area contributed by atoms with Crippen LogP contribution in [0.25, 0.3) is 0 Å². The largest absolute Gasteiger partial charge is 0.506 e. The maximum absolute atomic E-state index is 13.2. The number of ether oxygens (including phenoxy) is 3. The van der Waals surface area contributed by atoms with E-state index in [2.05, 4.69) is 0 Å². The number of alkyl halides is 6. The molecule has 2 aromatic carbocycles. The van der Waals surface area contributed by atoms with Crippen LogP contribution in [0, 0.1) is 0 Å². The summed E-state index contributed by atoms with van der Waals surface area (Å²) in [6.07, 6.45) is -14.6. The van der Waals surface area contributed by atoms with Crippen molar-refractivity contribution in [3.05, 3.63) is 70.8 Å². The molecule has 1 aliphatic heterocycles. The topological polar surface area (TPSA) is 65.0 Å². The zero-order chi connectivity index (χ0) is 24.4. The average molecular weight is 478 g/mol. The van der Waals surface area contributed by atoms with Crippen LogP contribution in [0.15, 0.2) is 48.5 Å². The molecular weight excluding hydrogens is 458 g/mol. The van der Waals surface area contributed by atoms with Crippen molar-refractivity contribution >= 4 is 6.16 Å². The van der Waals surface area contributed by atoms with E-state index in [-0.39, 0.29) is 24.7 Å². The summed E-state index contributed by atoms with van der Waals surface area (Å²) in [7, 11) is 0. The second kappa shape index (κ2) is 9.60. The van der Waals surface area contributed by atoms with Crippen LogP contribution < -0.4 is 0 Å². The van der Waals surface area contributed by atoms with Gasteiger partial charge in [-0.25, -0.2) is 4.79 Å². The molecule has 1 heterocycles. The highest BCUT2D eigenvalue weighted by Crippen LogP contribution is 2.40. The summed E-state index contributed by atoms with van der Waals surface area (Å²) < 4.78 is 95.6. The van der Waals surface area contributed by atoms with Crippen LogP contribution in [0.5, 0.6) is 0 Å². The van der Waals surface area contributed by atoms with Crippen molar-refractivity contribution in [1.82, 2.24) is 0 Å². The Labute approximate surface area is 184 Å². The van der Waals surface area contributed by atoms with Crippen molar-refractivity contribution in [2.45, 2.75) is 50.1 Å². The number of carboxylic acid groups (broad SMARTS) is 1. The fraction of sp³-hybridized carbons (Fsp3) is 0.409. The molecule has 1 unspecified atom stereocenters. The summed E-state index contributed by atoms with van der Waals surface area (Å²) in [4.78, 5) is 11.1. The summed E-state index contributed by atoms with van der Waals surface area (Å²) in [5, 5.41) is 9.07. The number of hydrogen-bond donors (Lipinski definition) is 1. The monoisotopic (exact) mass is 478 g/mol. The van der Waals surface area contributed by atoms with Gasteiger partial charge in [0, 0.05) is 6.42 Å². The third-order valence-corrected chi connectivity index (χ3v) is 5.23. The SMILES string of the molecule is CC(O[C@H]1OCC[C@@H](OC(=O)O)[C@H]1c1ccccc1)c1cc(C(F)(F)F)cc(C(F)(F)F)c1. The van der Waals surface area contributed by atoms with Crippen LogP contribution in [0.1, 0.15) is 47.6 Å². The lowest BCUT2D eigenvalue weighted by molar-refractivity contribution is -0.219. The molecule has 1 fully saturated rings. The van der Waals surface area contributed by atoms with Gasteiger partial charge in [0.25, 0.3) is 0 Å². The van der Waals surface area contributed by atoms with Crippen LogP contribution >= 0.6 is 0 Å². The van der Waals surface area contributed by atoms with Gasteiger partial charge >= 0.3 is 18.5 Å². The summed E-state index contributed by atoms with van der Waals surface area (Å²) in [6, 6.07) is 9.65. The fourth-order valence-corrected chi connectivity index (χ4v) is 3.68. The van der Waals surface area contributed by atoms with E-state index >= 15 is 0 Å². The highest BCUT2D eigenvalue weighted by atomic mass is 19.4. The Bertz CT molecular complexity index is 928. The molecule has 5 nitrogen and oxygen atoms in total. The van der Waals surface area contributed by atoms with E-state index in [1.54, 1.807) is 30.3 Å². The molecule has 2 aromatic rings. The van der Waals surface area contributed by atoms with Crippen molar-refractivity contribution in [1.29, 1.82) is 0 Å². The molecular formula is C22H20F6O5. The third kappa shape index (κ3) is 6.17. The van der Waals surface area contributed by atoms with Gasteiger partial charge in [-0.2, -0.15) is 26.3 Å². The minimum atomic E-state index is -5.00. The first kappa shape index (κ1) is 24.8. The molecule has 1 N–H and O–H groups in total. The third-order valence-electron chi connectivity index (χ3n) is 5.23. The standard InChI is InChI=1S/C22H20F6O5/c1-12(14-9-15(21(23,24)25)11-16(10-14)22(26,27)28)32-19-18(13-5-3-2-4-6-13)17(7-8-31-19)33-20(29)30/h2-6,9-12,17-19H,7-8H2,1H3,(H,29,30)/t12?,17-,18-,19-/m1/s1. The molecule has 4 atom stereocenters. The van der Waals surface area contributed by atoms with Gasteiger partial charge in [0.2, 0.25) is 0 Å². The first-order valence-electron chi connectivity index (χ1n) is 9.87. The predicted octanol–water partition coefficient (Wildman–Crippen LogP) is 6.40. The van der Waals surface area contributed by atoms with Gasteiger partial charge in [0.15, 0.2) is 6.29 Å². The van der Waals surface area contributed by atoms with E-state index in [9.17, 15) is 31.1 Å². The zero-order valence-electron chi connectivity index (χ0n) is 17.2. The average Bonchev–Trinajstić information content (AvgIpc) is 2.72. The van der Waals surface area contributed by atoms with Crippen molar-refractivity contribution < 1.29 is 50.5 Å². The van der Waals surface area contributed by atoms with Crippen LogP contribution in [-0.2, 0) is 26.6 Å². The molecule has 0 bridgehead atoms. The second-order valence-electron chi connectivity index (χ2n) is 7.50. The van der Waals surface area contributed by atoms with Gasteiger partial charge in [-0.3, -0.25) is 0 Å². The first-order chi connectivity index (χ1) is 15.4. The number of halogens is 6. The van der Waals surface area contributed by atoms with Gasteiger partial charge in [-0.05, 0) is 36.2 Å². The van der Waals surface area contributed by atoms with Gasteiger partial charge in [0.05, 0.1) is 29.8 Å². The summed E-state index contributed by atoms with van der Waals surface area (Å²) in [5.74, 6) is -0.786. The normalized spacial score (nSPS) is 22.6. The molecule has 11 heteroatoms. The fourth-order valence-electron chi connectivity index (χ4n) is 3.68. The molecule has 0 radical (unpaired) electrons. The minimum Gasteiger partial charge on any atom is -0.450 e. The van der Waals surface area contributed by atoms with Crippen molar-refractivity contribution in [3.8, 4) is 0 Å². The molecule has 1 saturated heterocycles. The Morgan fingerprint density at radius 1 is 1.03 bits per heavy atom. The van der Waals surface area contributed by atoms with Gasteiger partial charge in [-0.1, -0.05) is 30.3 Å². The molecule has 0 spiro atoms. The number of hydrogen-bond acceptors (Lipinski definition) is 4. The van der Waals surface area contributed by atoms with Crippen molar-refractivity contribution in [2.75, 3.05) is 6.61 Å². The Morgan fingerprint density at radius 2 is 1.61 bits per heavy atom. The lowest BCUT2D eigenvalue weighted by Crippen LogP contribution is -2.42. The molecule has 0 aromatic heterocycles. The second-order valence-corrected chi connectivity index (χ2v) is 7.50. The van der Waals surface area contributed by atoms with E-state index in [0.717, 1.165) is 0 Å². The Morgan fingerprint density at radius 3 is 2.12 bits per heavy atom.